The second-order valence-electron chi connectivity index (χ2n) is 6.15. The molecule has 1 atom stereocenters. The van der Waals surface area contributed by atoms with Gasteiger partial charge in [0.2, 0.25) is 0 Å². The van der Waals surface area contributed by atoms with E-state index in [0.29, 0.717) is 11.5 Å². The molecular weight excluding hydrogens is 416 g/mol. The van der Waals surface area contributed by atoms with Gasteiger partial charge in [0.05, 0.1) is 40.4 Å². The Kier molecular flexibility index (Phi) is 4.58. The molecule has 152 valence electrons. The van der Waals surface area contributed by atoms with Crippen LogP contribution in [0.1, 0.15) is 11.7 Å². The molecule has 0 radical (unpaired) electrons. The van der Waals surface area contributed by atoms with Crippen LogP contribution in [0.2, 0.25) is 5.02 Å². The Balaban J connectivity index is 1.99. The van der Waals surface area contributed by atoms with Crippen LogP contribution in [-0.2, 0) is 4.74 Å². The van der Waals surface area contributed by atoms with E-state index in [2.05, 4.69) is 30.2 Å². The van der Waals surface area contributed by atoms with Crippen LogP contribution in [0.5, 0.6) is 0 Å². The number of methoxy groups -OCH3 is 1. The number of nitrogens with zero attached hydrogens (tertiary/aromatic N) is 4. The van der Waals surface area contributed by atoms with Crippen molar-refractivity contribution in [2.45, 2.75) is 12.3 Å². The average Bonchev–Trinajstić information content (AvgIpc) is 3.30. The fourth-order valence-electron chi connectivity index (χ4n) is 3.20. The highest BCUT2D eigenvalue weighted by Crippen LogP contribution is 2.45. The van der Waals surface area contributed by atoms with Crippen LogP contribution in [-0.4, -0.2) is 44.9 Å². The summed E-state index contributed by atoms with van der Waals surface area (Å²) in [5.74, 6) is -0.677. The van der Waals surface area contributed by atoms with Gasteiger partial charge in [0, 0.05) is 31.3 Å². The summed E-state index contributed by atoms with van der Waals surface area (Å²) in [5, 5.41) is 8.74. The number of ether oxygens (including phenoxy) is 1. The van der Waals surface area contributed by atoms with E-state index in [4.69, 9.17) is 11.6 Å². The zero-order valence-electron chi connectivity index (χ0n) is 15.0. The number of halogens is 5. The van der Waals surface area contributed by atoms with Gasteiger partial charge in [-0.05, 0) is 0 Å². The highest BCUT2D eigenvalue weighted by molar-refractivity contribution is 6.35. The molecule has 3 aromatic heterocycles. The highest BCUT2D eigenvalue weighted by atomic mass is 35.5. The number of alkyl halides is 3. The summed E-state index contributed by atoms with van der Waals surface area (Å²) in [5.41, 5.74) is -0.0705. The Morgan fingerprint density at radius 2 is 2.03 bits per heavy atom. The van der Waals surface area contributed by atoms with Crippen LogP contribution in [0.3, 0.4) is 0 Å². The first-order valence-electron chi connectivity index (χ1n) is 8.22. The lowest BCUT2D eigenvalue weighted by atomic mass is 9.99. The van der Waals surface area contributed by atoms with Crippen LogP contribution >= 0.6 is 11.6 Å². The van der Waals surface area contributed by atoms with Gasteiger partial charge in [0.25, 0.3) is 0 Å². The number of hydrogen-bond donors (Lipinski definition) is 2. The van der Waals surface area contributed by atoms with Crippen molar-refractivity contribution in [1.82, 2.24) is 24.6 Å². The van der Waals surface area contributed by atoms with E-state index in [1.54, 1.807) is 23.8 Å². The zero-order valence-corrected chi connectivity index (χ0v) is 15.7. The van der Waals surface area contributed by atoms with Crippen molar-refractivity contribution in [3.63, 3.8) is 0 Å². The molecule has 0 saturated heterocycles. The Bertz CT molecular complexity index is 1220. The van der Waals surface area contributed by atoms with Crippen molar-refractivity contribution in [3.05, 3.63) is 41.2 Å². The number of anilines is 1. The Labute approximate surface area is 165 Å². The fourth-order valence-corrected chi connectivity index (χ4v) is 3.50. The van der Waals surface area contributed by atoms with Gasteiger partial charge < -0.3 is 14.5 Å². The summed E-state index contributed by atoms with van der Waals surface area (Å²) in [7, 11) is 2.54. The lowest BCUT2D eigenvalue weighted by Gasteiger charge is -2.21. The summed E-state index contributed by atoms with van der Waals surface area (Å²) in [4.78, 5) is 8.50. The summed E-state index contributed by atoms with van der Waals surface area (Å²) in [6.45, 7) is 0. The molecule has 0 bridgehead atoms. The molecule has 2 N–H and O–H groups in total. The second-order valence-corrected chi connectivity index (χ2v) is 6.52. The number of H-pyrrole nitrogens is 1. The summed E-state index contributed by atoms with van der Waals surface area (Å²) >= 11 is 6.19. The van der Waals surface area contributed by atoms with E-state index in [9.17, 15) is 13.2 Å². The molecule has 0 aliphatic heterocycles. The second kappa shape index (κ2) is 6.85. The van der Waals surface area contributed by atoms with Gasteiger partial charge in [0.1, 0.15) is 5.82 Å². The average molecular weight is 429 g/mol. The van der Waals surface area contributed by atoms with Gasteiger partial charge in [-0.3, -0.25) is 10.1 Å². The van der Waals surface area contributed by atoms with Crippen molar-refractivity contribution < 1.29 is 22.3 Å². The Morgan fingerprint density at radius 3 is 2.69 bits per heavy atom. The highest BCUT2D eigenvalue weighted by Gasteiger charge is 2.45. The lowest BCUT2D eigenvalue weighted by molar-refractivity contribution is -0.216. The quantitative estimate of drug-likeness (QED) is 0.472. The predicted octanol–water partition coefficient (Wildman–Crippen LogP) is 4.36. The number of nitrogens with one attached hydrogen (secondary N) is 2. The first kappa shape index (κ1) is 19.4. The van der Waals surface area contributed by atoms with Gasteiger partial charge in [-0.25, -0.2) is 9.37 Å². The van der Waals surface area contributed by atoms with Gasteiger partial charge in [-0.15, -0.1) is 0 Å². The van der Waals surface area contributed by atoms with Crippen LogP contribution in [0.4, 0.5) is 23.4 Å². The van der Waals surface area contributed by atoms with Gasteiger partial charge >= 0.3 is 6.18 Å². The number of imidazole rings is 1. The van der Waals surface area contributed by atoms with E-state index < -0.39 is 28.7 Å². The first-order valence-corrected chi connectivity index (χ1v) is 8.60. The third-order valence-corrected chi connectivity index (χ3v) is 4.83. The number of hydrogen-bond acceptors (Lipinski definition) is 5. The number of aromatic nitrogens is 5. The molecule has 4 rings (SSSR count). The summed E-state index contributed by atoms with van der Waals surface area (Å²) in [6, 6.07) is 0. The maximum atomic E-state index is 15.1. The number of aromatic amines is 1. The smallest absolute Gasteiger partial charge is 0.372 e. The number of fused-ring (bicyclic) bond motifs is 2. The third kappa shape index (κ3) is 3.06. The number of rotatable bonds is 4. The maximum Gasteiger partial charge on any atom is 0.419 e. The van der Waals surface area contributed by atoms with E-state index >= 15 is 4.39 Å². The van der Waals surface area contributed by atoms with E-state index in [0.717, 1.165) is 7.11 Å². The van der Waals surface area contributed by atoms with Crippen LogP contribution < -0.4 is 5.32 Å². The largest absolute Gasteiger partial charge is 0.419 e. The molecular formula is C17H13ClF4N6O. The van der Waals surface area contributed by atoms with Gasteiger partial charge in [0.15, 0.2) is 17.6 Å². The minimum Gasteiger partial charge on any atom is -0.372 e. The van der Waals surface area contributed by atoms with Crippen LogP contribution in [0, 0.1) is 5.82 Å². The van der Waals surface area contributed by atoms with E-state index in [-0.39, 0.29) is 22.2 Å². The first-order chi connectivity index (χ1) is 13.8. The zero-order chi connectivity index (χ0) is 20.9. The van der Waals surface area contributed by atoms with Crippen LogP contribution in [0.25, 0.3) is 27.8 Å². The molecule has 1 unspecified atom stereocenters. The normalized spacial score (nSPS) is 13.3. The molecule has 0 aliphatic rings. The minimum atomic E-state index is -4.85. The topological polar surface area (TPSA) is 80.1 Å². The standard InChI is InChI=1S/C17H13ClF4N6O/c1-23-9-6-28-5-8(24-4-10(28)26-9)11-7-3-25-27-15(7)12(14(19)13(11)18)16(29-2)17(20,21)22/h3-6,16,23H,1-2H3,(H,25,27). The molecule has 0 spiro atoms. The predicted molar refractivity (Wildman–Crippen MR) is 98.4 cm³/mol. The van der Waals surface area contributed by atoms with Crippen molar-refractivity contribution >= 4 is 34.0 Å². The number of benzene rings is 1. The molecule has 0 saturated carbocycles. The van der Waals surface area contributed by atoms with Crippen molar-refractivity contribution in [3.8, 4) is 11.3 Å². The van der Waals surface area contributed by atoms with Gasteiger partial charge in [-0.1, -0.05) is 11.6 Å². The van der Waals surface area contributed by atoms with Gasteiger partial charge in [-0.2, -0.15) is 18.3 Å². The molecule has 0 aliphatic carbocycles. The third-order valence-electron chi connectivity index (χ3n) is 4.48. The Morgan fingerprint density at radius 1 is 1.28 bits per heavy atom. The monoisotopic (exact) mass is 428 g/mol. The fraction of sp³-hybridized carbons (Fsp3) is 0.235. The molecule has 0 fully saturated rings. The molecule has 1 aromatic carbocycles. The lowest BCUT2D eigenvalue weighted by Crippen LogP contribution is -2.24. The van der Waals surface area contributed by atoms with E-state index in [1.165, 1.54) is 12.4 Å². The van der Waals surface area contributed by atoms with Crippen molar-refractivity contribution in [2.24, 2.45) is 0 Å². The molecule has 3 heterocycles. The Hall–Kier alpha value is -2.92. The van der Waals surface area contributed by atoms with Crippen molar-refractivity contribution in [2.75, 3.05) is 19.5 Å². The molecule has 4 aromatic rings. The molecule has 7 nitrogen and oxygen atoms in total. The summed E-state index contributed by atoms with van der Waals surface area (Å²) < 4.78 is 61.4. The van der Waals surface area contributed by atoms with Crippen LogP contribution in [0.15, 0.2) is 24.8 Å². The SMILES string of the molecule is CNc1cn2cc(-c3c(Cl)c(F)c(C(OC)C(F)(F)F)c4[nH]ncc34)ncc2n1. The summed E-state index contributed by atoms with van der Waals surface area (Å²) in [6.07, 6.45) is -1.43. The molecule has 29 heavy (non-hydrogen) atoms. The molecule has 0 amide bonds. The molecule has 12 heteroatoms. The van der Waals surface area contributed by atoms with E-state index in [1.807, 2.05) is 0 Å². The maximum absolute atomic E-state index is 15.1. The minimum absolute atomic E-state index is 0.107. The van der Waals surface area contributed by atoms with Crippen molar-refractivity contribution in [1.29, 1.82) is 0 Å².